The fraction of sp³-hybridized carbons (Fsp3) is 0.0769. The molecule has 0 radical (unpaired) electrons. The summed E-state index contributed by atoms with van der Waals surface area (Å²) in [6.07, 6.45) is 3.19. The molecule has 0 aliphatic carbocycles. The molecule has 1 atom stereocenters. The molecule has 7 heteroatoms. The predicted octanol–water partition coefficient (Wildman–Crippen LogP) is 2.51. The number of benzene rings is 1. The smallest absolute Gasteiger partial charge is 0.265 e. The lowest BCUT2D eigenvalue weighted by atomic mass is 10.1. The topological polar surface area (TPSA) is 67.8 Å². The molecule has 100 valence electrons. The molecular weight excluding hydrogens is 292 g/mol. The van der Waals surface area contributed by atoms with Gasteiger partial charge in [-0.1, -0.05) is 34.8 Å². The number of aromatic nitrogens is 3. The standard InChI is InChI=1S/C13H10N4OS2/c18-12(10-8-15-17-20-10)16-11(13-14-6-7-19-13)9-4-2-1-3-5-9/h1-8,11H,(H,16,18). The maximum atomic E-state index is 12.2. The van der Waals surface area contributed by atoms with Gasteiger partial charge in [0.25, 0.3) is 5.91 Å². The summed E-state index contributed by atoms with van der Waals surface area (Å²) in [5, 5.41) is 9.40. The molecule has 1 amide bonds. The van der Waals surface area contributed by atoms with Crippen LogP contribution in [0.25, 0.3) is 0 Å². The minimum absolute atomic E-state index is 0.191. The summed E-state index contributed by atoms with van der Waals surface area (Å²) in [5.74, 6) is -0.191. The first-order chi connectivity index (χ1) is 9.84. The minimum atomic E-state index is -0.259. The molecule has 3 rings (SSSR count). The molecule has 0 spiro atoms. The van der Waals surface area contributed by atoms with Gasteiger partial charge in [-0.2, -0.15) is 0 Å². The van der Waals surface area contributed by atoms with Gasteiger partial charge in [0.05, 0.1) is 6.20 Å². The van der Waals surface area contributed by atoms with Crippen LogP contribution in [0.15, 0.2) is 48.1 Å². The zero-order chi connectivity index (χ0) is 13.8. The van der Waals surface area contributed by atoms with E-state index in [1.165, 1.54) is 17.5 Å². The van der Waals surface area contributed by atoms with Crippen molar-refractivity contribution in [2.45, 2.75) is 6.04 Å². The van der Waals surface area contributed by atoms with Gasteiger partial charge < -0.3 is 5.32 Å². The van der Waals surface area contributed by atoms with Gasteiger partial charge in [-0.15, -0.1) is 16.4 Å². The summed E-state index contributed by atoms with van der Waals surface area (Å²) in [6.45, 7) is 0. The van der Waals surface area contributed by atoms with E-state index in [4.69, 9.17) is 0 Å². The summed E-state index contributed by atoms with van der Waals surface area (Å²) in [5.41, 5.74) is 0.994. The Balaban J connectivity index is 1.89. The van der Waals surface area contributed by atoms with Crippen LogP contribution in [-0.2, 0) is 0 Å². The quantitative estimate of drug-likeness (QED) is 0.804. The molecule has 1 unspecified atom stereocenters. The maximum Gasteiger partial charge on any atom is 0.265 e. The summed E-state index contributed by atoms with van der Waals surface area (Å²) >= 11 is 2.59. The third-order valence-electron chi connectivity index (χ3n) is 2.69. The van der Waals surface area contributed by atoms with Crippen molar-refractivity contribution in [3.05, 3.63) is 63.6 Å². The van der Waals surface area contributed by atoms with E-state index in [-0.39, 0.29) is 11.9 Å². The number of rotatable bonds is 4. The SMILES string of the molecule is O=C(NC(c1ccccc1)c1nccs1)c1cnns1. The van der Waals surface area contributed by atoms with Crippen LogP contribution in [0.2, 0.25) is 0 Å². The highest BCUT2D eigenvalue weighted by Crippen LogP contribution is 2.24. The number of thiazole rings is 1. The Morgan fingerprint density at radius 2 is 2.10 bits per heavy atom. The van der Waals surface area contributed by atoms with Crippen molar-refractivity contribution in [3.8, 4) is 0 Å². The summed E-state index contributed by atoms with van der Waals surface area (Å²) < 4.78 is 3.70. The fourth-order valence-electron chi connectivity index (χ4n) is 1.78. The molecule has 0 bridgehead atoms. The molecule has 5 nitrogen and oxygen atoms in total. The van der Waals surface area contributed by atoms with Gasteiger partial charge in [-0.3, -0.25) is 4.79 Å². The van der Waals surface area contributed by atoms with E-state index >= 15 is 0 Å². The number of hydrogen-bond donors (Lipinski definition) is 1. The third kappa shape index (κ3) is 2.73. The van der Waals surface area contributed by atoms with Crippen LogP contribution in [0.4, 0.5) is 0 Å². The van der Waals surface area contributed by atoms with E-state index < -0.39 is 0 Å². The number of carbonyl (C=O) groups is 1. The van der Waals surface area contributed by atoms with Crippen LogP contribution in [0.3, 0.4) is 0 Å². The average Bonchev–Trinajstić information content (AvgIpc) is 3.18. The zero-order valence-corrected chi connectivity index (χ0v) is 11.9. The lowest BCUT2D eigenvalue weighted by Gasteiger charge is -2.16. The molecule has 0 aliphatic rings. The monoisotopic (exact) mass is 302 g/mol. The van der Waals surface area contributed by atoms with Gasteiger partial charge in [-0.05, 0) is 17.1 Å². The van der Waals surface area contributed by atoms with Gasteiger partial charge >= 0.3 is 0 Å². The predicted molar refractivity (Wildman–Crippen MR) is 77.8 cm³/mol. The van der Waals surface area contributed by atoms with Gasteiger partial charge in [0, 0.05) is 11.6 Å². The molecule has 0 saturated heterocycles. The lowest BCUT2D eigenvalue weighted by Crippen LogP contribution is -2.28. The van der Waals surface area contributed by atoms with Gasteiger partial charge in [-0.25, -0.2) is 4.98 Å². The second-order valence-electron chi connectivity index (χ2n) is 3.97. The Labute approximate surface area is 123 Å². The van der Waals surface area contributed by atoms with E-state index in [1.807, 2.05) is 35.7 Å². The highest BCUT2D eigenvalue weighted by molar-refractivity contribution is 7.09. The van der Waals surface area contributed by atoms with E-state index in [0.29, 0.717) is 4.88 Å². The Morgan fingerprint density at radius 3 is 2.75 bits per heavy atom. The molecule has 3 aromatic rings. The highest BCUT2D eigenvalue weighted by atomic mass is 32.1. The molecule has 0 saturated carbocycles. The number of amides is 1. The average molecular weight is 302 g/mol. The molecule has 1 N–H and O–H groups in total. The summed E-state index contributed by atoms with van der Waals surface area (Å²) in [6, 6.07) is 9.50. The first-order valence-electron chi connectivity index (χ1n) is 5.87. The van der Waals surface area contributed by atoms with Crippen LogP contribution < -0.4 is 5.32 Å². The van der Waals surface area contributed by atoms with Crippen molar-refractivity contribution in [2.24, 2.45) is 0 Å². The molecule has 2 aromatic heterocycles. The van der Waals surface area contributed by atoms with Crippen LogP contribution in [-0.4, -0.2) is 20.5 Å². The van der Waals surface area contributed by atoms with Crippen LogP contribution in [0.5, 0.6) is 0 Å². The Hall–Kier alpha value is -2.12. The van der Waals surface area contributed by atoms with Gasteiger partial charge in [0.2, 0.25) is 0 Å². The van der Waals surface area contributed by atoms with Crippen LogP contribution >= 0.6 is 22.9 Å². The normalized spacial score (nSPS) is 12.0. The molecule has 0 fully saturated rings. The molecule has 2 heterocycles. The molecule has 20 heavy (non-hydrogen) atoms. The largest absolute Gasteiger partial charge is 0.338 e. The van der Waals surface area contributed by atoms with Crippen molar-refractivity contribution < 1.29 is 4.79 Å². The van der Waals surface area contributed by atoms with Crippen LogP contribution in [0.1, 0.15) is 26.3 Å². The molecular formula is C13H10N4OS2. The Bertz CT molecular complexity index is 668. The molecule has 0 aliphatic heterocycles. The molecule has 1 aromatic carbocycles. The van der Waals surface area contributed by atoms with Crippen molar-refractivity contribution in [1.29, 1.82) is 0 Å². The van der Waals surface area contributed by atoms with E-state index in [9.17, 15) is 4.79 Å². The Kier molecular flexibility index (Phi) is 3.80. The number of carbonyl (C=O) groups excluding carboxylic acids is 1. The maximum absolute atomic E-state index is 12.2. The van der Waals surface area contributed by atoms with E-state index in [2.05, 4.69) is 19.9 Å². The summed E-state index contributed by atoms with van der Waals surface area (Å²) in [4.78, 5) is 17.0. The zero-order valence-electron chi connectivity index (χ0n) is 10.3. The van der Waals surface area contributed by atoms with Crippen LogP contribution in [0, 0.1) is 0 Å². The second-order valence-corrected chi connectivity index (χ2v) is 5.68. The summed E-state index contributed by atoms with van der Waals surface area (Å²) in [7, 11) is 0. The third-order valence-corrected chi connectivity index (χ3v) is 4.20. The van der Waals surface area contributed by atoms with Gasteiger partial charge in [0.1, 0.15) is 15.9 Å². The van der Waals surface area contributed by atoms with E-state index in [1.54, 1.807) is 6.20 Å². The number of nitrogens with one attached hydrogen (secondary N) is 1. The first kappa shape index (κ1) is 12.9. The second kappa shape index (κ2) is 5.89. The number of nitrogens with zero attached hydrogens (tertiary/aromatic N) is 3. The van der Waals surface area contributed by atoms with E-state index in [0.717, 1.165) is 22.1 Å². The van der Waals surface area contributed by atoms with Crippen molar-refractivity contribution in [1.82, 2.24) is 19.9 Å². The highest BCUT2D eigenvalue weighted by Gasteiger charge is 2.20. The van der Waals surface area contributed by atoms with Gasteiger partial charge in [0.15, 0.2) is 0 Å². The Morgan fingerprint density at radius 1 is 1.25 bits per heavy atom. The van der Waals surface area contributed by atoms with Crippen molar-refractivity contribution >= 4 is 28.8 Å². The lowest BCUT2D eigenvalue weighted by molar-refractivity contribution is 0.0947. The van der Waals surface area contributed by atoms with Crippen molar-refractivity contribution in [3.63, 3.8) is 0 Å². The minimum Gasteiger partial charge on any atom is -0.338 e. The first-order valence-corrected chi connectivity index (χ1v) is 7.52. The number of hydrogen-bond acceptors (Lipinski definition) is 6. The fourth-order valence-corrected chi connectivity index (χ4v) is 2.91. The van der Waals surface area contributed by atoms with Crippen molar-refractivity contribution in [2.75, 3.05) is 0 Å².